The highest BCUT2D eigenvalue weighted by Crippen LogP contribution is 2.29. The largest absolute Gasteiger partial charge is 0.495 e. The molecule has 0 radical (unpaired) electrons. The molecule has 1 aromatic rings. The summed E-state index contributed by atoms with van der Waals surface area (Å²) in [6.45, 7) is 1.62. The number of carbonyl (C=O) groups excluding carboxylic acids is 1. The van der Waals surface area contributed by atoms with Crippen LogP contribution in [-0.4, -0.2) is 28.5 Å². The maximum Gasteiger partial charge on any atom is 0.264 e. The number of ether oxygens (including phenoxy) is 1. The number of methoxy groups -OCH3 is 1. The number of aryl methyl sites for hydroxylation is 1. The van der Waals surface area contributed by atoms with Crippen LogP contribution in [0, 0.1) is 6.92 Å². The number of halogens is 1. The topological polar surface area (TPSA) is 72.5 Å². The summed E-state index contributed by atoms with van der Waals surface area (Å²) in [5, 5.41) is 2.45. The zero-order chi connectivity index (χ0) is 13.2. The molecule has 1 amide bonds. The zero-order valence-corrected chi connectivity index (χ0v) is 11.1. The van der Waals surface area contributed by atoms with Gasteiger partial charge in [-0.25, -0.2) is 8.42 Å². The maximum absolute atomic E-state index is 11.5. The predicted molar refractivity (Wildman–Crippen MR) is 64.2 cm³/mol. The minimum atomic E-state index is -3.90. The molecule has 7 heteroatoms. The highest BCUT2D eigenvalue weighted by molar-refractivity contribution is 8.13. The van der Waals surface area contributed by atoms with Crippen molar-refractivity contribution in [3.63, 3.8) is 0 Å². The molecule has 0 spiro atoms. The molecule has 0 aliphatic carbocycles. The summed E-state index contributed by atoms with van der Waals surface area (Å²) < 4.78 is 27.5. The molecule has 0 fully saturated rings. The van der Waals surface area contributed by atoms with Crippen LogP contribution in [0.4, 0.5) is 0 Å². The van der Waals surface area contributed by atoms with Crippen LogP contribution in [0.25, 0.3) is 0 Å². The summed E-state index contributed by atoms with van der Waals surface area (Å²) in [6.07, 6.45) is 0. The lowest BCUT2D eigenvalue weighted by atomic mass is 10.1. The Balaban J connectivity index is 3.51. The van der Waals surface area contributed by atoms with E-state index in [-0.39, 0.29) is 16.6 Å². The summed E-state index contributed by atoms with van der Waals surface area (Å²) in [5.74, 6) is -0.275. The van der Waals surface area contributed by atoms with Gasteiger partial charge < -0.3 is 10.1 Å². The van der Waals surface area contributed by atoms with Gasteiger partial charge in [-0.3, -0.25) is 4.79 Å². The molecule has 0 saturated carbocycles. The van der Waals surface area contributed by atoms with E-state index in [1.165, 1.54) is 26.3 Å². The van der Waals surface area contributed by atoms with Gasteiger partial charge in [0.2, 0.25) is 0 Å². The van der Waals surface area contributed by atoms with Gasteiger partial charge in [-0.15, -0.1) is 0 Å². The first-order valence-corrected chi connectivity index (χ1v) is 6.97. The predicted octanol–water partition coefficient (Wildman–Crippen LogP) is 1.29. The SMILES string of the molecule is CNC(=O)c1cc(OC)c(S(=O)(=O)Cl)cc1C. The highest BCUT2D eigenvalue weighted by Gasteiger charge is 2.20. The fourth-order valence-corrected chi connectivity index (χ4v) is 2.45. The van der Waals surface area contributed by atoms with E-state index >= 15 is 0 Å². The van der Waals surface area contributed by atoms with E-state index in [1.54, 1.807) is 6.92 Å². The molecule has 0 heterocycles. The number of nitrogens with one attached hydrogen (secondary N) is 1. The van der Waals surface area contributed by atoms with Gasteiger partial charge in [0, 0.05) is 23.3 Å². The lowest BCUT2D eigenvalue weighted by Crippen LogP contribution is -2.19. The van der Waals surface area contributed by atoms with Gasteiger partial charge in [-0.1, -0.05) is 0 Å². The van der Waals surface area contributed by atoms with Gasteiger partial charge in [0.25, 0.3) is 15.0 Å². The normalized spacial score (nSPS) is 11.1. The molecular formula is C10H12ClNO4S. The van der Waals surface area contributed by atoms with Crippen molar-refractivity contribution in [2.24, 2.45) is 0 Å². The number of benzene rings is 1. The minimum absolute atomic E-state index is 0.0456. The van der Waals surface area contributed by atoms with Crippen LogP contribution < -0.4 is 10.1 Å². The summed E-state index contributed by atoms with van der Waals surface area (Å²) in [7, 11) is 4.17. The van der Waals surface area contributed by atoms with Crippen LogP contribution >= 0.6 is 10.7 Å². The van der Waals surface area contributed by atoms with Crippen LogP contribution in [0.15, 0.2) is 17.0 Å². The lowest BCUT2D eigenvalue weighted by Gasteiger charge is -2.10. The molecule has 0 aliphatic heterocycles. The molecule has 1 aromatic carbocycles. The number of amides is 1. The fraction of sp³-hybridized carbons (Fsp3) is 0.300. The van der Waals surface area contributed by atoms with Gasteiger partial charge in [0.1, 0.15) is 10.6 Å². The average molecular weight is 278 g/mol. The third-order valence-corrected chi connectivity index (χ3v) is 3.59. The minimum Gasteiger partial charge on any atom is -0.495 e. The fourth-order valence-electron chi connectivity index (χ4n) is 1.39. The van der Waals surface area contributed by atoms with Crippen LogP contribution in [0.2, 0.25) is 0 Å². The third kappa shape index (κ3) is 2.89. The van der Waals surface area contributed by atoms with Gasteiger partial charge in [-0.05, 0) is 24.6 Å². The number of carbonyl (C=O) groups is 1. The second-order valence-corrected chi connectivity index (χ2v) is 5.87. The smallest absolute Gasteiger partial charge is 0.264 e. The Bertz CT molecular complexity index is 554. The second kappa shape index (κ2) is 4.93. The van der Waals surface area contributed by atoms with E-state index in [1.807, 2.05) is 0 Å². The van der Waals surface area contributed by atoms with Gasteiger partial charge in [0.05, 0.1) is 7.11 Å². The number of hydrogen-bond acceptors (Lipinski definition) is 4. The molecule has 0 saturated heterocycles. The van der Waals surface area contributed by atoms with Crippen molar-refractivity contribution in [1.82, 2.24) is 5.32 Å². The number of rotatable bonds is 3. The first-order valence-electron chi connectivity index (χ1n) is 4.66. The number of hydrogen-bond donors (Lipinski definition) is 1. The van der Waals surface area contributed by atoms with Crippen LogP contribution in [0.1, 0.15) is 15.9 Å². The molecular weight excluding hydrogens is 266 g/mol. The Hall–Kier alpha value is -1.27. The van der Waals surface area contributed by atoms with Crippen molar-refractivity contribution >= 4 is 25.6 Å². The third-order valence-electron chi connectivity index (χ3n) is 2.25. The molecule has 0 aromatic heterocycles. The lowest BCUT2D eigenvalue weighted by molar-refractivity contribution is 0.0962. The quantitative estimate of drug-likeness (QED) is 0.845. The summed E-state index contributed by atoms with van der Waals surface area (Å²) in [5.41, 5.74) is 0.845. The van der Waals surface area contributed by atoms with Crippen LogP contribution in [-0.2, 0) is 9.05 Å². The molecule has 17 heavy (non-hydrogen) atoms. The molecule has 0 atom stereocenters. The Morgan fingerprint density at radius 2 is 2.00 bits per heavy atom. The van der Waals surface area contributed by atoms with E-state index in [9.17, 15) is 13.2 Å². The van der Waals surface area contributed by atoms with Crippen molar-refractivity contribution in [3.8, 4) is 5.75 Å². The van der Waals surface area contributed by atoms with Crippen LogP contribution in [0.3, 0.4) is 0 Å². The van der Waals surface area contributed by atoms with Gasteiger partial charge in [-0.2, -0.15) is 0 Å². The molecule has 94 valence electrons. The Kier molecular flexibility index (Phi) is 4.00. The highest BCUT2D eigenvalue weighted by atomic mass is 35.7. The molecule has 1 rings (SSSR count). The van der Waals surface area contributed by atoms with E-state index in [0.29, 0.717) is 11.1 Å². The Morgan fingerprint density at radius 1 is 1.41 bits per heavy atom. The maximum atomic E-state index is 11.5. The van der Waals surface area contributed by atoms with Gasteiger partial charge >= 0.3 is 0 Å². The summed E-state index contributed by atoms with van der Waals surface area (Å²) in [6, 6.07) is 2.66. The first-order chi connectivity index (χ1) is 7.81. The van der Waals surface area contributed by atoms with Crippen LogP contribution in [0.5, 0.6) is 5.75 Å². The summed E-state index contributed by atoms with van der Waals surface area (Å²) >= 11 is 0. The second-order valence-electron chi connectivity index (χ2n) is 3.33. The van der Waals surface area contributed by atoms with Crippen molar-refractivity contribution in [3.05, 3.63) is 23.3 Å². The van der Waals surface area contributed by atoms with E-state index < -0.39 is 9.05 Å². The monoisotopic (exact) mass is 277 g/mol. The molecule has 0 unspecified atom stereocenters. The van der Waals surface area contributed by atoms with E-state index in [0.717, 1.165) is 0 Å². The van der Waals surface area contributed by atoms with Crippen molar-refractivity contribution < 1.29 is 17.9 Å². The first kappa shape index (κ1) is 13.8. The van der Waals surface area contributed by atoms with Crippen molar-refractivity contribution in [2.45, 2.75) is 11.8 Å². The van der Waals surface area contributed by atoms with Gasteiger partial charge in [0.15, 0.2) is 0 Å². The van der Waals surface area contributed by atoms with E-state index in [2.05, 4.69) is 5.32 Å². The van der Waals surface area contributed by atoms with Crippen molar-refractivity contribution in [1.29, 1.82) is 0 Å². The molecule has 5 nitrogen and oxygen atoms in total. The average Bonchev–Trinajstić information content (AvgIpc) is 2.26. The standard InChI is InChI=1S/C10H12ClNO4S/c1-6-4-9(17(11,14)15)8(16-3)5-7(6)10(13)12-2/h4-5H,1-3H3,(H,12,13). The van der Waals surface area contributed by atoms with E-state index in [4.69, 9.17) is 15.4 Å². The molecule has 0 bridgehead atoms. The van der Waals surface area contributed by atoms with Crippen molar-refractivity contribution in [2.75, 3.05) is 14.2 Å². The zero-order valence-electron chi connectivity index (χ0n) is 9.57. The Labute approximate surface area is 104 Å². The molecule has 1 N–H and O–H groups in total. The molecule has 0 aliphatic rings. The summed E-state index contributed by atoms with van der Waals surface area (Å²) in [4.78, 5) is 11.4. The Morgan fingerprint density at radius 3 is 2.41 bits per heavy atom.